The third-order valence-corrected chi connectivity index (χ3v) is 5.35. The highest BCUT2D eigenvalue weighted by atomic mass is 32.2. The largest absolute Gasteiger partial charge is 0.378 e. The topological polar surface area (TPSA) is 80.8 Å². The van der Waals surface area contributed by atoms with Gasteiger partial charge in [-0.25, -0.2) is 16.8 Å². The summed E-state index contributed by atoms with van der Waals surface area (Å²) in [6.07, 6.45) is 2.14. The van der Waals surface area contributed by atoms with Gasteiger partial charge in [-0.15, -0.1) is 0 Å². The average molecular weight is 319 g/mol. The van der Waals surface area contributed by atoms with Gasteiger partial charge in [-0.1, -0.05) is 0 Å². The van der Waals surface area contributed by atoms with Gasteiger partial charge < -0.3 is 9.64 Å². The predicted molar refractivity (Wildman–Crippen MR) is 75.7 cm³/mol. The van der Waals surface area contributed by atoms with Gasteiger partial charge in [0.05, 0.1) is 28.7 Å². The van der Waals surface area contributed by atoms with Gasteiger partial charge in [0.25, 0.3) is 0 Å². The minimum atomic E-state index is -3.51. The van der Waals surface area contributed by atoms with Gasteiger partial charge in [-0.05, 0) is 18.2 Å². The van der Waals surface area contributed by atoms with E-state index in [1.807, 2.05) is 4.90 Å². The summed E-state index contributed by atoms with van der Waals surface area (Å²) in [7, 11) is -6.95. The van der Waals surface area contributed by atoms with Gasteiger partial charge in [0.1, 0.15) is 0 Å². The first-order chi connectivity index (χ1) is 9.19. The van der Waals surface area contributed by atoms with Crippen LogP contribution in [0.3, 0.4) is 0 Å². The third-order valence-electron chi connectivity index (χ3n) is 3.11. The molecule has 8 heteroatoms. The molecule has 112 valence electrons. The molecule has 0 N–H and O–H groups in total. The fourth-order valence-corrected chi connectivity index (χ4v) is 3.73. The fourth-order valence-electron chi connectivity index (χ4n) is 2.09. The summed E-state index contributed by atoms with van der Waals surface area (Å²) >= 11 is 0. The Kier molecular flexibility index (Phi) is 4.08. The molecule has 1 saturated heterocycles. The molecule has 1 aromatic rings. The van der Waals surface area contributed by atoms with Crippen molar-refractivity contribution in [2.75, 3.05) is 43.7 Å². The molecule has 0 radical (unpaired) electrons. The monoisotopic (exact) mass is 319 g/mol. The van der Waals surface area contributed by atoms with E-state index < -0.39 is 19.7 Å². The molecule has 1 aliphatic heterocycles. The molecule has 0 aromatic heterocycles. The van der Waals surface area contributed by atoms with Gasteiger partial charge in [0.15, 0.2) is 19.7 Å². The lowest BCUT2D eigenvalue weighted by Gasteiger charge is -2.30. The van der Waals surface area contributed by atoms with Crippen molar-refractivity contribution >= 4 is 25.4 Å². The lowest BCUT2D eigenvalue weighted by Crippen LogP contribution is -2.37. The number of rotatable bonds is 3. The number of morpholine rings is 1. The molecule has 0 atom stereocenters. The predicted octanol–water partition coefficient (Wildman–Crippen LogP) is 0.330. The smallest absolute Gasteiger partial charge is 0.177 e. The second-order valence-corrected chi connectivity index (χ2v) is 8.77. The second kappa shape index (κ2) is 5.34. The van der Waals surface area contributed by atoms with Crippen LogP contribution in [0.5, 0.6) is 0 Å². The van der Waals surface area contributed by atoms with E-state index in [0.717, 1.165) is 12.5 Å². The Morgan fingerprint density at radius 1 is 1.00 bits per heavy atom. The van der Waals surface area contributed by atoms with E-state index >= 15 is 0 Å². The first-order valence-electron chi connectivity index (χ1n) is 6.06. The first kappa shape index (κ1) is 15.3. The molecular formula is C12H17NO5S2. The second-order valence-electron chi connectivity index (χ2n) is 4.77. The van der Waals surface area contributed by atoms with Crippen LogP contribution in [-0.4, -0.2) is 55.7 Å². The molecule has 1 heterocycles. The van der Waals surface area contributed by atoms with Crippen LogP contribution in [0.25, 0.3) is 0 Å². The Hall–Kier alpha value is -1.12. The quantitative estimate of drug-likeness (QED) is 0.799. The molecule has 0 spiro atoms. The van der Waals surface area contributed by atoms with Crippen molar-refractivity contribution in [3.63, 3.8) is 0 Å². The number of benzene rings is 1. The minimum absolute atomic E-state index is 0.00920. The summed E-state index contributed by atoms with van der Waals surface area (Å²) < 4.78 is 52.2. The lowest BCUT2D eigenvalue weighted by atomic mass is 10.2. The number of anilines is 1. The summed E-state index contributed by atoms with van der Waals surface area (Å²) in [5, 5.41) is 0. The van der Waals surface area contributed by atoms with Crippen LogP contribution in [0.2, 0.25) is 0 Å². The molecule has 1 aliphatic rings. The highest BCUT2D eigenvalue weighted by Crippen LogP contribution is 2.28. The zero-order valence-electron chi connectivity index (χ0n) is 11.4. The molecule has 20 heavy (non-hydrogen) atoms. The van der Waals surface area contributed by atoms with E-state index in [0.29, 0.717) is 32.0 Å². The Bertz CT molecular complexity index is 703. The van der Waals surface area contributed by atoms with Crippen molar-refractivity contribution in [1.29, 1.82) is 0 Å². The maximum atomic E-state index is 11.9. The van der Waals surface area contributed by atoms with Crippen LogP contribution in [0.4, 0.5) is 5.69 Å². The Morgan fingerprint density at radius 3 is 2.10 bits per heavy atom. The number of nitrogens with zero attached hydrogens (tertiary/aromatic N) is 1. The first-order valence-corrected chi connectivity index (χ1v) is 9.85. The Labute approximate surface area is 119 Å². The summed E-state index contributed by atoms with van der Waals surface area (Å²) in [5.41, 5.74) is 0.531. The van der Waals surface area contributed by atoms with E-state index in [4.69, 9.17) is 4.74 Å². The standard InChI is InChI=1S/C12H17NO5S2/c1-19(14,15)10-3-4-11(12(9-10)20(2,16)17)13-5-7-18-8-6-13/h3-4,9H,5-8H2,1-2H3. The summed E-state index contributed by atoms with van der Waals surface area (Å²) in [5.74, 6) is 0. The van der Waals surface area contributed by atoms with Gasteiger partial charge in [0, 0.05) is 25.6 Å². The SMILES string of the molecule is CS(=O)(=O)c1ccc(N2CCOCC2)c(S(C)(=O)=O)c1. The van der Waals surface area contributed by atoms with Gasteiger partial charge in [-0.3, -0.25) is 0 Å². The van der Waals surface area contributed by atoms with E-state index in [9.17, 15) is 16.8 Å². The van der Waals surface area contributed by atoms with Crippen LogP contribution in [0.1, 0.15) is 0 Å². The molecule has 1 aromatic carbocycles. The summed E-state index contributed by atoms with van der Waals surface area (Å²) in [6, 6.07) is 4.22. The van der Waals surface area contributed by atoms with Crippen molar-refractivity contribution in [2.24, 2.45) is 0 Å². The van der Waals surface area contributed by atoms with Gasteiger partial charge >= 0.3 is 0 Å². The third kappa shape index (κ3) is 3.31. The number of hydrogen-bond acceptors (Lipinski definition) is 6. The van der Waals surface area contributed by atoms with E-state index in [2.05, 4.69) is 0 Å². The zero-order valence-corrected chi connectivity index (χ0v) is 13.0. The van der Waals surface area contributed by atoms with Crippen LogP contribution >= 0.6 is 0 Å². The lowest BCUT2D eigenvalue weighted by molar-refractivity contribution is 0.122. The molecule has 0 amide bonds. The maximum absolute atomic E-state index is 11.9. The molecule has 0 unspecified atom stereocenters. The average Bonchev–Trinajstić information content (AvgIpc) is 2.37. The molecular weight excluding hydrogens is 302 g/mol. The van der Waals surface area contributed by atoms with Crippen LogP contribution in [0, 0.1) is 0 Å². The minimum Gasteiger partial charge on any atom is -0.378 e. The summed E-state index contributed by atoms with van der Waals surface area (Å²) in [6.45, 7) is 2.22. The van der Waals surface area contributed by atoms with Crippen LogP contribution in [-0.2, 0) is 24.4 Å². The van der Waals surface area contributed by atoms with Crippen LogP contribution < -0.4 is 4.90 Å². The number of sulfone groups is 2. The van der Waals surface area contributed by atoms with Crippen molar-refractivity contribution < 1.29 is 21.6 Å². The van der Waals surface area contributed by atoms with Crippen molar-refractivity contribution in [1.82, 2.24) is 0 Å². The Morgan fingerprint density at radius 2 is 1.60 bits per heavy atom. The molecule has 6 nitrogen and oxygen atoms in total. The highest BCUT2D eigenvalue weighted by molar-refractivity contribution is 7.91. The Balaban J connectivity index is 2.57. The molecule has 1 fully saturated rings. The van der Waals surface area contributed by atoms with Crippen LogP contribution in [0.15, 0.2) is 28.0 Å². The van der Waals surface area contributed by atoms with E-state index in [-0.39, 0.29) is 9.79 Å². The summed E-state index contributed by atoms with van der Waals surface area (Å²) in [4.78, 5) is 1.95. The number of ether oxygens (including phenoxy) is 1. The normalized spacial score (nSPS) is 17.2. The molecule has 0 bridgehead atoms. The fraction of sp³-hybridized carbons (Fsp3) is 0.500. The maximum Gasteiger partial charge on any atom is 0.177 e. The molecule has 0 aliphatic carbocycles. The van der Waals surface area contributed by atoms with Crippen molar-refractivity contribution in [3.05, 3.63) is 18.2 Å². The van der Waals surface area contributed by atoms with E-state index in [1.54, 1.807) is 6.07 Å². The zero-order chi connectivity index (χ0) is 15.0. The molecule has 2 rings (SSSR count). The van der Waals surface area contributed by atoms with Crippen molar-refractivity contribution in [2.45, 2.75) is 9.79 Å². The highest BCUT2D eigenvalue weighted by Gasteiger charge is 2.22. The number of hydrogen-bond donors (Lipinski definition) is 0. The van der Waals surface area contributed by atoms with Gasteiger partial charge in [0.2, 0.25) is 0 Å². The molecule has 0 saturated carbocycles. The van der Waals surface area contributed by atoms with Gasteiger partial charge in [-0.2, -0.15) is 0 Å². The van der Waals surface area contributed by atoms with E-state index in [1.165, 1.54) is 12.1 Å². The van der Waals surface area contributed by atoms with Crippen molar-refractivity contribution in [3.8, 4) is 0 Å².